The second-order valence-electron chi connectivity index (χ2n) is 5.71. The van der Waals surface area contributed by atoms with E-state index in [1.807, 2.05) is 30.3 Å². The van der Waals surface area contributed by atoms with Gasteiger partial charge < -0.3 is 15.4 Å². The van der Waals surface area contributed by atoms with Crippen molar-refractivity contribution in [3.8, 4) is 5.75 Å². The van der Waals surface area contributed by atoms with Gasteiger partial charge in [0.05, 0.1) is 6.54 Å². The van der Waals surface area contributed by atoms with E-state index >= 15 is 0 Å². The lowest BCUT2D eigenvalue weighted by Crippen LogP contribution is -2.21. The van der Waals surface area contributed by atoms with E-state index in [1.165, 1.54) is 12.1 Å². The largest absolute Gasteiger partial charge is 0.489 e. The summed E-state index contributed by atoms with van der Waals surface area (Å²) in [5, 5.41) is 5.66. The fraction of sp³-hybridized carbons (Fsp3) is 0.0952. The van der Waals surface area contributed by atoms with Crippen molar-refractivity contribution in [2.24, 2.45) is 0 Å². The van der Waals surface area contributed by atoms with Crippen molar-refractivity contribution in [3.63, 3.8) is 0 Å². The Bertz CT molecular complexity index is 851. The number of hydrogen-bond acceptors (Lipinski definition) is 3. The van der Waals surface area contributed by atoms with Gasteiger partial charge in [-0.25, -0.2) is 4.39 Å². The molecule has 26 heavy (non-hydrogen) atoms. The van der Waals surface area contributed by atoms with Gasteiger partial charge >= 0.3 is 0 Å². The summed E-state index contributed by atoms with van der Waals surface area (Å²) in [5.74, 6) is 0.165. The SMILES string of the molecule is O=C(CNc1cccc(F)c1)Nc1ccc(OCc2ccccc2)cc1. The molecule has 0 saturated heterocycles. The zero-order valence-corrected chi connectivity index (χ0v) is 14.1. The van der Waals surface area contributed by atoms with Crippen LogP contribution in [0.4, 0.5) is 15.8 Å². The summed E-state index contributed by atoms with van der Waals surface area (Å²) in [5.41, 5.74) is 2.32. The Kier molecular flexibility index (Phi) is 5.83. The van der Waals surface area contributed by atoms with Crippen molar-refractivity contribution in [1.29, 1.82) is 0 Å². The smallest absolute Gasteiger partial charge is 0.243 e. The highest BCUT2D eigenvalue weighted by Crippen LogP contribution is 2.17. The van der Waals surface area contributed by atoms with Crippen LogP contribution in [0, 0.1) is 5.82 Å². The molecule has 4 nitrogen and oxygen atoms in total. The Morgan fingerprint density at radius 2 is 1.65 bits per heavy atom. The first-order valence-electron chi connectivity index (χ1n) is 8.25. The Labute approximate surface area is 151 Å². The number of nitrogens with one attached hydrogen (secondary N) is 2. The molecule has 0 aliphatic rings. The molecule has 0 aromatic heterocycles. The highest BCUT2D eigenvalue weighted by Gasteiger charge is 2.03. The van der Waals surface area contributed by atoms with Gasteiger partial charge in [0.15, 0.2) is 0 Å². The highest BCUT2D eigenvalue weighted by atomic mass is 19.1. The van der Waals surface area contributed by atoms with E-state index in [9.17, 15) is 9.18 Å². The van der Waals surface area contributed by atoms with Gasteiger partial charge in [-0.3, -0.25) is 4.79 Å². The third kappa shape index (κ3) is 5.34. The number of anilines is 2. The molecule has 0 bridgehead atoms. The first kappa shape index (κ1) is 17.5. The van der Waals surface area contributed by atoms with E-state index in [-0.39, 0.29) is 18.3 Å². The van der Waals surface area contributed by atoms with Crippen molar-refractivity contribution in [2.45, 2.75) is 6.61 Å². The molecule has 0 radical (unpaired) electrons. The Morgan fingerprint density at radius 1 is 0.885 bits per heavy atom. The lowest BCUT2D eigenvalue weighted by atomic mass is 10.2. The van der Waals surface area contributed by atoms with Crippen LogP contribution in [0.15, 0.2) is 78.9 Å². The molecule has 5 heteroatoms. The third-order valence-electron chi connectivity index (χ3n) is 3.66. The molecule has 0 aliphatic carbocycles. The van der Waals surface area contributed by atoms with E-state index in [0.717, 1.165) is 11.3 Å². The van der Waals surface area contributed by atoms with Crippen LogP contribution in [-0.2, 0) is 11.4 Å². The fourth-order valence-electron chi connectivity index (χ4n) is 2.36. The van der Waals surface area contributed by atoms with Gasteiger partial charge in [-0.1, -0.05) is 36.4 Å². The van der Waals surface area contributed by atoms with Gasteiger partial charge in [-0.05, 0) is 48.0 Å². The van der Waals surface area contributed by atoms with Crippen LogP contribution in [0.5, 0.6) is 5.75 Å². The maximum Gasteiger partial charge on any atom is 0.243 e. The van der Waals surface area contributed by atoms with Gasteiger partial charge in [0.2, 0.25) is 5.91 Å². The molecule has 0 heterocycles. The quantitative estimate of drug-likeness (QED) is 0.662. The maximum atomic E-state index is 13.1. The van der Waals surface area contributed by atoms with Crippen LogP contribution in [0.25, 0.3) is 0 Å². The minimum absolute atomic E-state index is 0.0513. The summed E-state index contributed by atoms with van der Waals surface area (Å²) < 4.78 is 18.8. The summed E-state index contributed by atoms with van der Waals surface area (Å²) in [4.78, 5) is 12.0. The summed E-state index contributed by atoms with van der Waals surface area (Å²) in [7, 11) is 0. The van der Waals surface area contributed by atoms with Gasteiger partial charge in [-0.2, -0.15) is 0 Å². The van der Waals surface area contributed by atoms with Crippen molar-refractivity contribution in [1.82, 2.24) is 0 Å². The van der Waals surface area contributed by atoms with Crippen LogP contribution < -0.4 is 15.4 Å². The summed E-state index contributed by atoms with van der Waals surface area (Å²) in [6, 6.07) is 23.0. The van der Waals surface area contributed by atoms with Gasteiger partial charge in [0.1, 0.15) is 18.2 Å². The van der Waals surface area contributed by atoms with E-state index in [1.54, 1.807) is 36.4 Å². The number of hydrogen-bond donors (Lipinski definition) is 2. The van der Waals surface area contributed by atoms with Crippen LogP contribution in [0.1, 0.15) is 5.56 Å². The zero-order chi connectivity index (χ0) is 18.2. The minimum Gasteiger partial charge on any atom is -0.489 e. The second-order valence-corrected chi connectivity index (χ2v) is 5.71. The molecule has 1 amide bonds. The first-order chi connectivity index (χ1) is 12.7. The Hall–Kier alpha value is -3.34. The van der Waals surface area contributed by atoms with Gasteiger partial charge in [-0.15, -0.1) is 0 Å². The van der Waals surface area contributed by atoms with Crippen LogP contribution in [0.2, 0.25) is 0 Å². The normalized spacial score (nSPS) is 10.2. The van der Waals surface area contributed by atoms with Crippen molar-refractivity contribution in [3.05, 3.63) is 90.2 Å². The lowest BCUT2D eigenvalue weighted by molar-refractivity contribution is -0.114. The number of amides is 1. The topological polar surface area (TPSA) is 50.4 Å². The lowest BCUT2D eigenvalue weighted by Gasteiger charge is -2.09. The second kappa shape index (κ2) is 8.67. The molecule has 0 unspecified atom stereocenters. The maximum absolute atomic E-state index is 13.1. The number of benzene rings is 3. The third-order valence-corrected chi connectivity index (χ3v) is 3.66. The Morgan fingerprint density at radius 3 is 2.38 bits per heavy atom. The molecule has 3 aromatic rings. The molecule has 132 valence electrons. The molecule has 0 spiro atoms. The van der Waals surface area contributed by atoms with Gasteiger partial charge in [0, 0.05) is 11.4 Å². The molecular formula is C21H19FN2O2. The summed E-state index contributed by atoms with van der Waals surface area (Å²) in [6.45, 7) is 0.541. The fourth-order valence-corrected chi connectivity index (χ4v) is 2.36. The number of carbonyl (C=O) groups is 1. The molecule has 3 rings (SSSR count). The van der Waals surface area contributed by atoms with Crippen molar-refractivity contribution >= 4 is 17.3 Å². The predicted octanol–water partition coefficient (Wildman–Crippen LogP) is 4.46. The van der Waals surface area contributed by atoms with Gasteiger partial charge in [0.25, 0.3) is 0 Å². The van der Waals surface area contributed by atoms with Crippen LogP contribution in [0.3, 0.4) is 0 Å². The summed E-state index contributed by atoms with van der Waals surface area (Å²) in [6.07, 6.45) is 0. The minimum atomic E-state index is -0.346. The molecule has 3 aromatic carbocycles. The average molecular weight is 350 g/mol. The molecule has 0 saturated carbocycles. The monoisotopic (exact) mass is 350 g/mol. The first-order valence-corrected chi connectivity index (χ1v) is 8.25. The number of halogens is 1. The molecule has 0 aliphatic heterocycles. The summed E-state index contributed by atoms with van der Waals surface area (Å²) >= 11 is 0. The Balaban J connectivity index is 1.46. The van der Waals surface area contributed by atoms with E-state index in [0.29, 0.717) is 18.0 Å². The molecule has 2 N–H and O–H groups in total. The predicted molar refractivity (Wildman–Crippen MR) is 101 cm³/mol. The van der Waals surface area contributed by atoms with E-state index in [2.05, 4.69) is 10.6 Å². The molecule has 0 fully saturated rings. The van der Waals surface area contributed by atoms with Crippen molar-refractivity contribution in [2.75, 3.05) is 17.2 Å². The highest BCUT2D eigenvalue weighted by molar-refractivity contribution is 5.93. The van der Waals surface area contributed by atoms with Crippen molar-refractivity contribution < 1.29 is 13.9 Å². The molecule has 0 atom stereocenters. The number of ether oxygens (including phenoxy) is 1. The van der Waals surface area contributed by atoms with E-state index < -0.39 is 0 Å². The standard InChI is InChI=1S/C21H19FN2O2/c22-17-7-4-8-19(13-17)23-14-21(25)24-18-9-11-20(12-10-18)26-15-16-5-2-1-3-6-16/h1-13,23H,14-15H2,(H,24,25). The number of carbonyl (C=O) groups excluding carboxylic acids is 1. The van der Waals surface area contributed by atoms with Crippen LogP contribution in [-0.4, -0.2) is 12.5 Å². The van der Waals surface area contributed by atoms with E-state index in [4.69, 9.17) is 4.74 Å². The number of rotatable bonds is 7. The average Bonchev–Trinajstić information content (AvgIpc) is 2.67. The van der Waals surface area contributed by atoms with Crippen LogP contribution >= 0.6 is 0 Å². The molecular weight excluding hydrogens is 331 g/mol. The zero-order valence-electron chi connectivity index (χ0n) is 14.1.